The van der Waals surface area contributed by atoms with Gasteiger partial charge < -0.3 is 14.4 Å². The molecule has 148 valence electrons. The van der Waals surface area contributed by atoms with Gasteiger partial charge >= 0.3 is 0 Å². The van der Waals surface area contributed by atoms with Gasteiger partial charge in [-0.3, -0.25) is 4.79 Å². The van der Waals surface area contributed by atoms with Crippen LogP contribution in [0.4, 0.5) is 0 Å². The molecular weight excluding hydrogens is 366 g/mol. The van der Waals surface area contributed by atoms with Gasteiger partial charge in [0.25, 0.3) is 5.56 Å². The highest BCUT2D eigenvalue weighted by molar-refractivity contribution is 5.66. The van der Waals surface area contributed by atoms with E-state index in [0.717, 1.165) is 28.0 Å². The molecule has 1 atom stereocenters. The maximum atomic E-state index is 13.0. The minimum Gasteiger partial charge on any atom is -0.497 e. The Bertz CT molecular complexity index is 1240. The minimum atomic E-state index is -0.767. The summed E-state index contributed by atoms with van der Waals surface area (Å²) in [5, 5.41) is 15.2. The molecule has 4 aromatic rings. The summed E-state index contributed by atoms with van der Waals surface area (Å²) >= 11 is 0. The second-order valence-electron chi connectivity index (χ2n) is 7.22. The maximum Gasteiger partial charge on any atom is 0.276 e. The Morgan fingerprint density at radius 1 is 1.10 bits per heavy atom. The number of aromatic nitrogens is 3. The summed E-state index contributed by atoms with van der Waals surface area (Å²) in [6.45, 7) is 4.16. The number of fused-ring (bicyclic) bond motifs is 1. The molecule has 2 heterocycles. The largest absolute Gasteiger partial charge is 0.497 e. The van der Waals surface area contributed by atoms with Gasteiger partial charge in [0.2, 0.25) is 0 Å². The van der Waals surface area contributed by atoms with E-state index in [0.29, 0.717) is 11.2 Å². The lowest BCUT2D eigenvalue weighted by Crippen LogP contribution is -2.24. The van der Waals surface area contributed by atoms with Crippen LogP contribution in [0.3, 0.4) is 0 Å². The fraction of sp³-hybridized carbons (Fsp3) is 0.217. The van der Waals surface area contributed by atoms with Gasteiger partial charge in [0.05, 0.1) is 25.5 Å². The Kier molecular flexibility index (Phi) is 4.94. The van der Waals surface area contributed by atoms with Gasteiger partial charge in [-0.05, 0) is 43.2 Å². The third kappa shape index (κ3) is 3.67. The maximum absolute atomic E-state index is 13.0. The molecular formula is C23H23N3O3. The van der Waals surface area contributed by atoms with E-state index in [4.69, 9.17) is 4.74 Å². The van der Waals surface area contributed by atoms with Crippen molar-refractivity contribution in [2.45, 2.75) is 26.5 Å². The summed E-state index contributed by atoms with van der Waals surface area (Å²) in [5.74, 6) is 0.730. The summed E-state index contributed by atoms with van der Waals surface area (Å²) in [6.07, 6.45) is 2.62. The Morgan fingerprint density at radius 2 is 1.93 bits per heavy atom. The molecule has 0 aliphatic carbocycles. The summed E-state index contributed by atoms with van der Waals surface area (Å²) in [4.78, 5) is 13.0. The molecule has 4 rings (SSSR count). The van der Waals surface area contributed by atoms with Gasteiger partial charge in [-0.25, -0.2) is 4.52 Å². The molecule has 0 amide bonds. The average Bonchev–Trinajstić information content (AvgIpc) is 3.15. The molecule has 6 nitrogen and oxygen atoms in total. The van der Waals surface area contributed by atoms with E-state index in [9.17, 15) is 9.90 Å². The van der Waals surface area contributed by atoms with Crippen LogP contribution < -0.4 is 10.3 Å². The molecule has 0 unspecified atom stereocenters. The highest BCUT2D eigenvalue weighted by atomic mass is 16.5. The summed E-state index contributed by atoms with van der Waals surface area (Å²) in [6, 6.07) is 15.2. The van der Waals surface area contributed by atoms with Crippen LogP contribution >= 0.6 is 0 Å². The van der Waals surface area contributed by atoms with Crippen LogP contribution in [0.1, 0.15) is 22.8 Å². The number of benzene rings is 2. The third-order valence-electron chi connectivity index (χ3n) is 5.12. The van der Waals surface area contributed by atoms with E-state index in [1.54, 1.807) is 30.1 Å². The summed E-state index contributed by atoms with van der Waals surface area (Å²) < 4.78 is 8.36. The van der Waals surface area contributed by atoms with Crippen molar-refractivity contribution >= 4 is 5.52 Å². The fourth-order valence-corrected chi connectivity index (χ4v) is 3.58. The first-order chi connectivity index (χ1) is 14.0. The van der Waals surface area contributed by atoms with Gasteiger partial charge in [-0.2, -0.15) is 5.10 Å². The number of hydrogen-bond acceptors (Lipinski definition) is 4. The van der Waals surface area contributed by atoms with E-state index >= 15 is 0 Å². The molecule has 0 bridgehead atoms. The van der Waals surface area contributed by atoms with Crippen molar-refractivity contribution in [1.29, 1.82) is 0 Å². The van der Waals surface area contributed by atoms with Crippen molar-refractivity contribution in [3.8, 4) is 17.0 Å². The average molecular weight is 389 g/mol. The number of hydrogen-bond donors (Lipinski definition) is 1. The Hall–Kier alpha value is -3.38. The van der Waals surface area contributed by atoms with Crippen LogP contribution in [-0.2, 0) is 6.54 Å². The predicted octanol–water partition coefficient (Wildman–Crippen LogP) is 3.52. The Balaban J connectivity index is 1.68. The normalized spacial score (nSPS) is 12.3. The van der Waals surface area contributed by atoms with E-state index in [1.165, 1.54) is 4.57 Å². The zero-order chi connectivity index (χ0) is 20.5. The van der Waals surface area contributed by atoms with Gasteiger partial charge in [0, 0.05) is 18.0 Å². The highest BCUT2D eigenvalue weighted by Gasteiger charge is 2.15. The van der Waals surface area contributed by atoms with Crippen molar-refractivity contribution in [3.05, 3.63) is 88.0 Å². The van der Waals surface area contributed by atoms with Gasteiger partial charge in [-0.15, -0.1) is 0 Å². The second-order valence-corrected chi connectivity index (χ2v) is 7.22. The molecule has 0 fully saturated rings. The van der Waals surface area contributed by atoms with Crippen molar-refractivity contribution in [2.75, 3.05) is 7.11 Å². The highest BCUT2D eigenvalue weighted by Crippen LogP contribution is 2.23. The van der Waals surface area contributed by atoms with Gasteiger partial charge in [0.15, 0.2) is 0 Å². The molecule has 2 aromatic carbocycles. The molecule has 0 spiro atoms. The second kappa shape index (κ2) is 7.56. The van der Waals surface area contributed by atoms with E-state index < -0.39 is 6.10 Å². The number of aliphatic hydroxyl groups excluding tert-OH is 1. The first kappa shape index (κ1) is 19.0. The van der Waals surface area contributed by atoms with Crippen LogP contribution in [0.2, 0.25) is 0 Å². The minimum absolute atomic E-state index is 0.179. The van der Waals surface area contributed by atoms with Gasteiger partial charge in [-0.1, -0.05) is 35.9 Å². The van der Waals surface area contributed by atoms with Crippen molar-refractivity contribution in [3.63, 3.8) is 0 Å². The lowest BCUT2D eigenvalue weighted by molar-refractivity contribution is 0.154. The Morgan fingerprint density at radius 3 is 2.69 bits per heavy atom. The molecule has 0 radical (unpaired) electrons. The zero-order valence-electron chi connectivity index (χ0n) is 16.7. The molecule has 2 aromatic heterocycles. The number of aliphatic hydroxyl groups is 1. The predicted molar refractivity (Wildman–Crippen MR) is 112 cm³/mol. The van der Waals surface area contributed by atoms with Crippen LogP contribution in [0, 0.1) is 13.8 Å². The number of rotatable bonds is 5. The lowest BCUT2D eigenvalue weighted by Gasteiger charge is -2.16. The Labute approximate surface area is 168 Å². The van der Waals surface area contributed by atoms with Crippen molar-refractivity contribution in [1.82, 2.24) is 14.2 Å². The zero-order valence-corrected chi connectivity index (χ0v) is 16.7. The van der Waals surface area contributed by atoms with E-state index in [1.807, 2.05) is 56.3 Å². The van der Waals surface area contributed by atoms with Crippen molar-refractivity contribution < 1.29 is 9.84 Å². The smallest absolute Gasteiger partial charge is 0.276 e. The molecule has 1 N–H and O–H groups in total. The molecule has 6 heteroatoms. The molecule has 0 aliphatic heterocycles. The van der Waals surface area contributed by atoms with E-state index in [-0.39, 0.29) is 12.1 Å². The fourth-order valence-electron chi connectivity index (χ4n) is 3.58. The summed E-state index contributed by atoms with van der Waals surface area (Å²) in [5.41, 5.74) is 4.80. The van der Waals surface area contributed by atoms with Gasteiger partial charge in [0.1, 0.15) is 11.3 Å². The summed E-state index contributed by atoms with van der Waals surface area (Å²) in [7, 11) is 1.61. The number of nitrogens with zero attached hydrogens (tertiary/aromatic N) is 3. The van der Waals surface area contributed by atoms with Crippen LogP contribution in [0.15, 0.2) is 65.7 Å². The van der Waals surface area contributed by atoms with E-state index in [2.05, 4.69) is 5.10 Å². The molecule has 0 saturated heterocycles. The molecule has 0 saturated carbocycles. The monoisotopic (exact) mass is 389 g/mol. The third-order valence-corrected chi connectivity index (χ3v) is 5.12. The van der Waals surface area contributed by atoms with Crippen LogP contribution in [0.5, 0.6) is 5.75 Å². The lowest BCUT2D eigenvalue weighted by atomic mass is 10.0. The number of ether oxygens (including phenoxy) is 1. The van der Waals surface area contributed by atoms with Crippen LogP contribution in [0.25, 0.3) is 16.8 Å². The molecule has 29 heavy (non-hydrogen) atoms. The van der Waals surface area contributed by atoms with Crippen LogP contribution in [-0.4, -0.2) is 26.4 Å². The first-order valence-corrected chi connectivity index (χ1v) is 9.45. The first-order valence-electron chi connectivity index (χ1n) is 9.45. The number of methoxy groups -OCH3 is 1. The topological polar surface area (TPSA) is 68.8 Å². The number of aryl methyl sites for hydroxylation is 2. The SMILES string of the molecule is COc1cccc(-c2cc3c(=O)n(C[C@@H](O)c4ccc(C)cc4C)ccn3n2)c1. The standard InChI is InChI=1S/C23H23N3O3/c1-15-7-8-19(16(2)11-15)22(27)14-25-9-10-26-21(23(25)28)13-20(24-26)17-5-4-6-18(12-17)29-3/h4-13,22,27H,14H2,1-3H3/t22-/m1/s1. The van der Waals surface area contributed by atoms with Crippen molar-refractivity contribution in [2.24, 2.45) is 0 Å². The quantitative estimate of drug-likeness (QED) is 0.567. The molecule has 0 aliphatic rings.